The standard InChI is InChI=1S/C18H16F3N3O2/c1-16(2)8-17(5-11(6-22)14(16)25)9-24(10-17)15(26)12-3-4-23-7-13(12)18(19,20)21/h3-5,7H,8-10H2,1-2H3. The molecule has 136 valence electrons. The van der Waals surface area contributed by atoms with Crippen LogP contribution in [0.15, 0.2) is 30.1 Å². The Balaban J connectivity index is 1.85. The molecule has 0 aromatic carbocycles. The molecule has 0 radical (unpaired) electrons. The Labute approximate surface area is 148 Å². The van der Waals surface area contributed by atoms with Gasteiger partial charge in [0.1, 0.15) is 6.07 Å². The minimum atomic E-state index is -4.67. The number of ketones is 1. The molecule has 0 N–H and O–H groups in total. The van der Waals surface area contributed by atoms with E-state index in [-0.39, 0.29) is 24.4 Å². The van der Waals surface area contributed by atoms with Crippen molar-refractivity contribution in [3.8, 4) is 6.07 Å². The lowest BCUT2D eigenvalue weighted by Gasteiger charge is -2.53. The number of hydrogen-bond donors (Lipinski definition) is 0. The number of Topliss-reactive ketones (excluding diaryl/α,β-unsaturated/α-hetero) is 1. The highest BCUT2D eigenvalue weighted by molar-refractivity contribution is 6.04. The predicted octanol–water partition coefficient (Wildman–Crippen LogP) is 2.99. The van der Waals surface area contributed by atoms with Gasteiger partial charge in [0.25, 0.3) is 5.91 Å². The number of nitrogens with zero attached hydrogens (tertiary/aromatic N) is 3. The molecular weight excluding hydrogens is 347 g/mol. The first-order valence-corrected chi connectivity index (χ1v) is 7.97. The Bertz CT molecular complexity index is 859. The number of alkyl halides is 3. The SMILES string of the molecule is CC1(C)CC2(C=C(C#N)C1=O)CN(C(=O)c1ccncc1C(F)(F)F)C2. The van der Waals surface area contributed by atoms with Gasteiger partial charge in [-0.05, 0) is 12.5 Å². The van der Waals surface area contributed by atoms with E-state index in [9.17, 15) is 28.0 Å². The third kappa shape index (κ3) is 2.87. The second-order valence-electron chi connectivity index (χ2n) is 7.50. The number of hydrogen-bond acceptors (Lipinski definition) is 4. The summed E-state index contributed by atoms with van der Waals surface area (Å²) in [5, 5.41) is 9.17. The highest BCUT2D eigenvalue weighted by Crippen LogP contribution is 2.48. The first kappa shape index (κ1) is 18.1. The lowest BCUT2D eigenvalue weighted by molar-refractivity contribution is -0.138. The molecule has 2 heterocycles. The number of rotatable bonds is 1. The average molecular weight is 363 g/mol. The second-order valence-corrected chi connectivity index (χ2v) is 7.50. The van der Waals surface area contributed by atoms with Crippen LogP contribution in [0, 0.1) is 22.2 Å². The van der Waals surface area contributed by atoms with Crippen LogP contribution in [0.1, 0.15) is 36.2 Å². The summed E-state index contributed by atoms with van der Waals surface area (Å²) in [6.45, 7) is 3.81. The van der Waals surface area contributed by atoms with Crippen LogP contribution in [-0.4, -0.2) is 34.7 Å². The minimum Gasteiger partial charge on any atom is -0.337 e. The van der Waals surface area contributed by atoms with E-state index in [2.05, 4.69) is 4.98 Å². The molecule has 0 saturated carbocycles. The van der Waals surface area contributed by atoms with Crippen molar-refractivity contribution in [1.29, 1.82) is 5.26 Å². The molecule has 1 saturated heterocycles. The van der Waals surface area contributed by atoms with E-state index in [0.29, 0.717) is 12.6 Å². The Morgan fingerprint density at radius 2 is 2.00 bits per heavy atom. The quantitative estimate of drug-likeness (QED) is 0.769. The second kappa shape index (κ2) is 5.66. The number of allylic oxidation sites excluding steroid dienone is 1. The van der Waals surface area contributed by atoms with Crippen molar-refractivity contribution in [3.05, 3.63) is 41.2 Å². The molecule has 0 bridgehead atoms. The van der Waals surface area contributed by atoms with E-state index in [4.69, 9.17) is 0 Å². The van der Waals surface area contributed by atoms with Gasteiger partial charge >= 0.3 is 6.18 Å². The van der Waals surface area contributed by atoms with Crippen LogP contribution in [-0.2, 0) is 11.0 Å². The molecule has 2 aliphatic rings. The number of amides is 1. The zero-order valence-electron chi connectivity index (χ0n) is 14.2. The Morgan fingerprint density at radius 3 is 2.58 bits per heavy atom. The lowest BCUT2D eigenvalue weighted by Crippen LogP contribution is -2.61. The number of carbonyl (C=O) groups is 2. The first-order chi connectivity index (χ1) is 12.0. The molecule has 26 heavy (non-hydrogen) atoms. The van der Waals surface area contributed by atoms with E-state index in [1.807, 2.05) is 6.07 Å². The number of pyridine rings is 1. The van der Waals surface area contributed by atoms with E-state index < -0.39 is 34.0 Å². The minimum absolute atomic E-state index is 0.0493. The number of nitriles is 1. The van der Waals surface area contributed by atoms with Crippen molar-refractivity contribution in [2.45, 2.75) is 26.4 Å². The molecule has 0 unspecified atom stereocenters. The molecule has 1 aliphatic carbocycles. The zero-order chi connectivity index (χ0) is 19.3. The van der Waals surface area contributed by atoms with Crippen molar-refractivity contribution in [3.63, 3.8) is 0 Å². The summed E-state index contributed by atoms with van der Waals surface area (Å²) >= 11 is 0. The summed E-state index contributed by atoms with van der Waals surface area (Å²) in [6.07, 6.45) is -0.875. The van der Waals surface area contributed by atoms with E-state index in [0.717, 1.165) is 12.3 Å². The maximum Gasteiger partial charge on any atom is 0.418 e. The maximum atomic E-state index is 13.1. The van der Waals surface area contributed by atoms with Crippen molar-refractivity contribution in [2.24, 2.45) is 10.8 Å². The van der Waals surface area contributed by atoms with Crippen LogP contribution >= 0.6 is 0 Å². The fraction of sp³-hybridized carbons (Fsp3) is 0.444. The van der Waals surface area contributed by atoms with Crippen LogP contribution in [0.25, 0.3) is 0 Å². The normalized spacial score (nSPS) is 21.0. The summed E-state index contributed by atoms with van der Waals surface area (Å²) in [7, 11) is 0. The van der Waals surface area contributed by atoms with Gasteiger partial charge in [0, 0.05) is 36.3 Å². The van der Waals surface area contributed by atoms with E-state index in [1.165, 1.54) is 4.90 Å². The van der Waals surface area contributed by atoms with Gasteiger partial charge in [0.05, 0.1) is 16.7 Å². The molecule has 8 heteroatoms. The summed E-state index contributed by atoms with van der Waals surface area (Å²) < 4.78 is 39.3. The van der Waals surface area contributed by atoms with E-state index >= 15 is 0 Å². The van der Waals surface area contributed by atoms with Crippen molar-refractivity contribution in [2.75, 3.05) is 13.1 Å². The van der Waals surface area contributed by atoms with Crippen molar-refractivity contribution in [1.82, 2.24) is 9.88 Å². The van der Waals surface area contributed by atoms with Crippen molar-refractivity contribution >= 4 is 11.7 Å². The molecule has 1 fully saturated rings. The average Bonchev–Trinajstić information content (AvgIpc) is 2.53. The van der Waals surface area contributed by atoms with Gasteiger partial charge < -0.3 is 4.90 Å². The highest BCUT2D eigenvalue weighted by atomic mass is 19.4. The van der Waals surface area contributed by atoms with Gasteiger partial charge in [-0.25, -0.2) is 0 Å². The largest absolute Gasteiger partial charge is 0.418 e. The molecular formula is C18H16F3N3O2. The maximum absolute atomic E-state index is 13.1. The van der Waals surface area contributed by atoms with Gasteiger partial charge in [-0.3, -0.25) is 14.6 Å². The molecule has 3 rings (SSSR count). The Kier molecular flexibility index (Phi) is 3.94. The third-order valence-corrected chi connectivity index (χ3v) is 4.88. The molecule has 1 spiro atoms. The van der Waals surface area contributed by atoms with Crippen LogP contribution < -0.4 is 0 Å². The zero-order valence-corrected chi connectivity index (χ0v) is 14.2. The summed E-state index contributed by atoms with van der Waals surface area (Å²) in [5.41, 5.74) is -2.77. The van der Waals surface area contributed by atoms with Crippen molar-refractivity contribution < 1.29 is 22.8 Å². The number of aromatic nitrogens is 1. The van der Waals surface area contributed by atoms with Gasteiger partial charge in [-0.1, -0.05) is 19.9 Å². The molecule has 0 atom stereocenters. The first-order valence-electron chi connectivity index (χ1n) is 7.97. The molecule has 1 aromatic rings. The van der Waals surface area contributed by atoms with Crippen LogP contribution in [0.4, 0.5) is 13.2 Å². The molecule has 5 nitrogen and oxygen atoms in total. The van der Waals surface area contributed by atoms with Crippen LogP contribution in [0.5, 0.6) is 0 Å². The predicted molar refractivity (Wildman–Crippen MR) is 84.7 cm³/mol. The fourth-order valence-electron chi connectivity index (χ4n) is 3.87. The fourth-order valence-corrected chi connectivity index (χ4v) is 3.87. The molecule has 1 aromatic heterocycles. The summed E-state index contributed by atoms with van der Waals surface area (Å²) in [4.78, 5) is 29.5. The van der Waals surface area contributed by atoms with Gasteiger partial charge in [0.15, 0.2) is 5.78 Å². The topological polar surface area (TPSA) is 74.1 Å². The monoisotopic (exact) mass is 363 g/mol. The number of likely N-dealkylation sites (tertiary alicyclic amines) is 1. The number of carbonyl (C=O) groups excluding carboxylic acids is 2. The van der Waals surface area contributed by atoms with E-state index in [1.54, 1.807) is 19.9 Å². The highest BCUT2D eigenvalue weighted by Gasteiger charge is 2.52. The Morgan fingerprint density at radius 1 is 1.35 bits per heavy atom. The third-order valence-electron chi connectivity index (χ3n) is 4.88. The lowest BCUT2D eigenvalue weighted by atomic mass is 9.61. The smallest absolute Gasteiger partial charge is 0.337 e. The van der Waals surface area contributed by atoms with Crippen LogP contribution in [0.3, 0.4) is 0 Å². The van der Waals surface area contributed by atoms with Gasteiger partial charge in [-0.2, -0.15) is 18.4 Å². The number of halogens is 3. The summed E-state index contributed by atoms with van der Waals surface area (Å²) in [5.74, 6) is -0.976. The Hall–Kier alpha value is -2.69. The van der Waals surface area contributed by atoms with Gasteiger partial charge in [-0.15, -0.1) is 0 Å². The molecule has 1 aliphatic heterocycles. The van der Waals surface area contributed by atoms with Gasteiger partial charge in [0.2, 0.25) is 0 Å². The molecule has 1 amide bonds. The van der Waals surface area contributed by atoms with Crippen LogP contribution in [0.2, 0.25) is 0 Å². The summed E-state index contributed by atoms with van der Waals surface area (Å²) in [6, 6.07) is 2.95.